The standard InChI is InChI=1S/C23H18N4O3S/c1-3-27-11-16(20(28)15-9-8-13(2)24-21(15)27)22(29)26-23-25-17(12-31-23)19-10-14-6-4-5-7-18(14)30-19/h4-12H,3H2,1-2H3,(H,25,26,29). The molecule has 0 aliphatic rings. The molecule has 8 heteroatoms. The van der Waals surface area contributed by atoms with Gasteiger partial charge in [0.05, 0.1) is 5.39 Å². The lowest BCUT2D eigenvalue weighted by molar-refractivity contribution is 0.102. The minimum Gasteiger partial charge on any atom is -0.454 e. The highest BCUT2D eigenvalue weighted by atomic mass is 32.1. The number of hydrogen-bond acceptors (Lipinski definition) is 6. The van der Waals surface area contributed by atoms with E-state index in [9.17, 15) is 9.59 Å². The third-order valence-corrected chi connectivity index (χ3v) is 5.81. The molecule has 1 aromatic carbocycles. The lowest BCUT2D eigenvalue weighted by atomic mass is 10.1. The van der Waals surface area contributed by atoms with Gasteiger partial charge in [0.2, 0.25) is 5.43 Å². The molecule has 0 saturated heterocycles. The number of anilines is 1. The Morgan fingerprint density at radius 1 is 1.19 bits per heavy atom. The first-order valence-corrected chi connectivity index (χ1v) is 10.7. The second-order valence-corrected chi connectivity index (χ2v) is 7.98. The monoisotopic (exact) mass is 430 g/mol. The number of para-hydroxylation sites is 1. The summed E-state index contributed by atoms with van der Waals surface area (Å²) in [4.78, 5) is 34.7. The quantitative estimate of drug-likeness (QED) is 0.440. The largest absolute Gasteiger partial charge is 0.454 e. The molecule has 0 fully saturated rings. The maximum absolute atomic E-state index is 12.9. The number of aromatic nitrogens is 3. The van der Waals surface area contributed by atoms with Crippen LogP contribution in [0.4, 0.5) is 5.13 Å². The predicted octanol–water partition coefficient (Wildman–Crippen LogP) is 4.85. The average Bonchev–Trinajstić information content (AvgIpc) is 3.40. The second-order valence-electron chi connectivity index (χ2n) is 7.12. The molecule has 1 amide bonds. The van der Waals surface area contributed by atoms with Gasteiger partial charge >= 0.3 is 0 Å². The molecule has 31 heavy (non-hydrogen) atoms. The van der Waals surface area contributed by atoms with Crippen molar-refractivity contribution in [2.24, 2.45) is 0 Å². The van der Waals surface area contributed by atoms with E-state index >= 15 is 0 Å². The Kier molecular flexibility index (Phi) is 4.63. The van der Waals surface area contributed by atoms with Crippen LogP contribution in [0.3, 0.4) is 0 Å². The van der Waals surface area contributed by atoms with Gasteiger partial charge in [0.15, 0.2) is 10.9 Å². The number of fused-ring (bicyclic) bond motifs is 2. The number of hydrogen-bond donors (Lipinski definition) is 1. The molecular weight excluding hydrogens is 412 g/mol. The highest BCUT2D eigenvalue weighted by Gasteiger charge is 2.18. The summed E-state index contributed by atoms with van der Waals surface area (Å²) in [6.07, 6.45) is 1.56. The van der Waals surface area contributed by atoms with Crippen molar-refractivity contribution < 1.29 is 9.21 Å². The number of nitrogens with one attached hydrogen (secondary N) is 1. The smallest absolute Gasteiger partial charge is 0.262 e. The van der Waals surface area contributed by atoms with Gasteiger partial charge in [-0.1, -0.05) is 18.2 Å². The third-order valence-electron chi connectivity index (χ3n) is 5.05. The van der Waals surface area contributed by atoms with Crippen molar-refractivity contribution >= 4 is 44.4 Å². The maximum Gasteiger partial charge on any atom is 0.262 e. The fraction of sp³-hybridized carbons (Fsp3) is 0.130. The van der Waals surface area contributed by atoms with Crippen molar-refractivity contribution in [3.63, 3.8) is 0 Å². The van der Waals surface area contributed by atoms with Crippen LogP contribution in [-0.4, -0.2) is 20.4 Å². The molecule has 0 unspecified atom stereocenters. The Labute approximate surface area is 181 Å². The second kappa shape index (κ2) is 7.48. The van der Waals surface area contributed by atoms with E-state index in [2.05, 4.69) is 15.3 Å². The van der Waals surface area contributed by atoms with Gasteiger partial charge in [0, 0.05) is 29.2 Å². The molecule has 5 aromatic rings. The molecule has 0 bridgehead atoms. The number of carbonyl (C=O) groups is 1. The number of rotatable bonds is 4. The van der Waals surface area contributed by atoms with E-state index in [1.165, 1.54) is 11.3 Å². The zero-order valence-corrected chi connectivity index (χ0v) is 17.7. The highest BCUT2D eigenvalue weighted by molar-refractivity contribution is 7.14. The van der Waals surface area contributed by atoms with E-state index in [0.29, 0.717) is 34.2 Å². The summed E-state index contributed by atoms with van der Waals surface area (Å²) in [6.45, 7) is 4.39. The summed E-state index contributed by atoms with van der Waals surface area (Å²) < 4.78 is 7.64. The number of nitrogens with zero attached hydrogens (tertiary/aromatic N) is 3. The fourth-order valence-electron chi connectivity index (χ4n) is 3.48. The Bertz CT molecular complexity index is 1480. The van der Waals surface area contributed by atoms with Crippen LogP contribution in [0.2, 0.25) is 0 Å². The zero-order chi connectivity index (χ0) is 21.5. The minimum absolute atomic E-state index is 0.0560. The van der Waals surface area contributed by atoms with E-state index in [1.54, 1.807) is 22.9 Å². The average molecular weight is 430 g/mol. The van der Waals surface area contributed by atoms with Crippen molar-refractivity contribution in [3.05, 3.63) is 75.5 Å². The topological polar surface area (TPSA) is 90.0 Å². The summed E-state index contributed by atoms with van der Waals surface area (Å²) in [5.41, 5.74) is 2.49. The molecular formula is C23H18N4O3S. The van der Waals surface area contributed by atoms with Gasteiger partial charge in [-0.05, 0) is 38.1 Å². The van der Waals surface area contributed by atoms with Gasteiger partial charge in [0.1, 0.15) is 22.5 Å². The van der Waals surface area contributed by atoms with E-state index < -0.39 is 5.91 Å². The van der Waals surface area contributed by atoms with Gasteiger partial charge < -0.3 is 8.98 Å². The molecule has 5 rings (SSSR count). The molecule has 154 valence electrons. The maximum atomic E-state index is 12.9. The Morgan fingerprint density at radius 3 is 2.84 bits per heavy atom. The summed E-state index contributed by atoms with van der Waals surface area (Å²) in [5.74, 6) is 0.124. The molecule has 0 aliphatic carbocycles. The highest BCUT2D eigenvalue weighted by Crippen LogP contribution is 2.30. The molecule has 4 heterocycles. The SMILES string of the molecule is CCn1cc(C(=O)Nc2nc(-c3cc4ccccc4o3)cs2)c(=O)c2ccc(C)nc21. The Balaban J connectivity index is 1.47. The lowest BCUT2D eigenvalue weighted by Gasteiger charge is -2.11. The fourth-order valence-corrected chi connectivity index (χ4v) is 4.17. The summed E-state index contributed by atoms with van der Waals surface area (Å²) >= 11 is 1.27. The van der Waals surface area contributed by atoms with Crippen LogP contribution < -0.4 is 10.7 Å². The van der Waals surface area contributed by atoms with Crippen molar-refractivity contribution in [1.29, 1.82) is 0 Å². The number of thiazole rings is 1. The number of carbonyl (C=O) groups excluding carboxylic acids is 1. The summed E-state index contributed by atoms with van der Waals surface area (Å²) in [7, 11) is 0. The van der Waals surface area contributed by atoms with Gasteiger partial charge in [-0.2, -0.15) is 0 Å². The normalized spacial score (nSPS) is 11.3. The number of amides is 1. The number of furan rings is 1. The van der Waals surface area contributed by atoms with Crippen LogP contribution in [0.15, 0.2) is 63.3 Å². The summed E-state index contributed by atoms with van der Waals surface area (Å²) in [5, 5.41) is 6.35. The van der Waals surface area contributed by atoms with Crippen LogP contribution in [0, 0.1) is 6.92 Å². The minimum atomic E-state index is -0.500. The van der Waals surface area contributed by atoms with Crippen molar-refractivity contribution in [2.75, 3.05) is 5.32 Å². The Hall–Kier alpha value is -3.78. The molecule has 1 N–H and O–H groups in total. The van der Waals surface area contributed by atoms with Gasteiger partial charge in [-0.25, -0.2) is 9.97 Å². The van der Waals surface area contributed by atoms with E-state index in [4.69, 9.17) is 4.42 Å². The van der Waals surface area contributed by atoms with Crippen LogP contribution in [0.5, 0.6) is 0 Å². The van der Waals surface area contributed by atoms with Crippen molar-refractivity contribution in [1.82, 2.24) is 14.5 Å². The molecule has 0 aliphatic heterocycles. The van der Waals surface area contributed by atoms with E-state index in [0.717, 1.165) is 16.7 Å². The van der Waals surface area contributed by atoms with E-state index in [-0.39, 0.29) is 11.0 Å². The number of benzene rings is 1. The van der Waals surface area contributed by atoms with Crippen LogP contribution in [0.25, 0.3) is 33.5 Å². The van der Waals surface area contributed by atoms with Gasteiger partial charge in [-0.15, -0.1) is 11.3 Å². The molecule has 0 spiro atoms. The number of aryl methyl sites for hydroxylation is 2. The first-order chi connectivity index (χ1) is 15.0. The molecule has 0 saturated carbocycles. The number of pyridine rings is 2. The first kappa shape index (κ1) is 19.2. The molecule has 0 atom stereocenters. The molecule has 7 nitrogen and oxygen atoms in total. The third kappa shape index (κ3) is 3.40. The predicted molar refractivity (Wildman–Crippen MR) is 122 cm³/mol. The van der Waals surface area contributed by atoms with Gasteiger partial charge in [0.25, 0.3) is 5.91 Å². The zero-order valence-electron chi connectivity index (χ0n) is 16.9. The van der Waals surface area contributed by atoms with Crippen LogP contribution in [-0.2, 0) is 6.54 Å². The Morgan fingerprint density at radius 2 is 2.03 bits per heavy atom. The van der Waals surface area contributed by atoms with Crippen molar-refractivity contribution in [2.45, 2.75) is 20.4 Å². The van der Waals surface area contributed by atoms with Crippen molar-refractivity contribution in [3.8, 4) is 11.5 Å². The molecule has 4 aromatic heterocycles. The van der Waals surface area contributed by atoms with Crippen LogP contribution >= 0.6 is 11.3 Å². The van der Waals surface area contributed by atoms with Crippen LogP contribution in [0.1, 0.15) is 23.0 Å². The summed E-state index contributed by atoms with van der Waals surface area (Å²) in [6, 6.07) is 13.1. The lowest BCUT2D eigenvalue weighted by Crippen LogP contribution is -2.24. The van der Waals surface area contributed by atoms with E-state index in [1.807, 2.05) is 49.6 Å². The first-order valence-electron chi connectivity index (χ1n) is 9.80. The van der Waals surface area contributed by atoms with Gasteiger partial charge in [-0.3, -0.25) is 14.9 Å². The molecule has 0 radical (unpaired) electrons.